The molecule has 3 nitrogen and oxygen atoms in total. The van der Waals surface area contributed by atoms with E-state index in [9.17, 15) is 4.79 Å². The molecular weight excluding hydrogens is 311 g/mol. The number of benzene rings is 2. The maximum absolute atomic E-state index is 12.6. The van der Waals surface area contributed by atoms with Gasteiger partial charge in [0.05, 0.1) is 29.3 Å². The molecule has 0 spiro atoms. The van der Waals surface area contributed by atoms with E-state index in [1.807, 2.05) is 6.92 Å². The molecule has 21 heavy (non-hydrogen) atoms. The summed E-state index contributed by atoms with van der Waals surface area (Å²) in [5.74, 6) is 0.701. The molecule has 5 heteroatoms. The van der Waals surface area contributed by atoms with Crippen LogP contribution in [0.5, 0.6) is 11.5 Å². The summed E-state index contributed by atoms with van der Waals surface area (Å²) in [4.78, 5) is 12.6. The molecular formula is C16H14Cl2O3. The van der Waals surface area contributed by atoms with Crippen molar-refractivity contribution >= 4 is 29.0 Å². The van der Waals surface area contributed by atoms with Crippen molar-refractivity contribution in [2.24, 2.45) is 0 Å². The van der Waals surface area contributed by atoms with Crippen LogP contribution < -0.4 is 9.47 Å². The summed E-state index contributed by atoms with van der Waals surface area (Å²) in [5.41, 5.74) is 0.747. The van der Waals surface area contributed by atoms with Gasteiger partial charge in [0.2, 0.25) is 0 Å². The Morgan fingerprint density at radius 1 is 1.05 bits per heavy atom. The van der Waals surface area contributed by atoms with E-state index in [-0.39, 0.29) is 5.78 Å². The van der Waals surface area contributed by atoms with E-state index in [0.717, 1.165) is 0 Å². The largest absolute Gasteiger partial charge is 0.496 e. The summed E-state index contributed by atoms with van der Waals surface area (Å²) in [5, 5.41) is 0.637. The molecule has 2 aromatic carbocycles. The fourth-order valence-corrected chi connectivity index (χ4v) is 2.40. The number of hydrogen-bond acceptors (Lipinski definition) is 3. The predicted molar refractivity (Wildman–Crippen MR) is 84.1 cm³/mol. The molecule has 0 heterocycles. The van der Waals surface area contributed by atoms with Crippen LogP contribution in [-0.4, -0.2) is 19.5 Å². The zero-order valence-electron chi connectivity index (χ0n) is 11.7. The highest BCUT2D eigenvalue weighted by atomic mass is 35.5. The lowest BCUT2D eigenvalue weighted by molar-refractivity contribution is 0.103. The first-order chi connectivity index (χ1) is 10.1. The summed E-state index contributed by atoms with van der Waals surface area (Å²) in [7, 11) is 1.51. The first kappa shape index (κ1) is 15.7. The highest BCUT2D eigenvalue weighted by Gasteiger charge is 2.19. The van der Waals surface area contributed by atoms with Crippen LogP contribution in [0.25, 0.3) is 0 Å². The summed E-state index contributed by atoms with van der Waals surface area (Å²) >= 11 is 12.3. The Morgan fingerprint density at radius 2 is 1.76 bits per heavy atom. The molecule has 0 fully saturated rings. The molecule has 0 aliphatic rings. The second-order valence-electron chi connectivity index (χ2n) is 4.22. The maximum atomic E-state index is 12.6. The van der Waals surface area contributed by atoms with Crippen molar-refractivity contribution in [3.8, 4) is 11.5 Å². The van der Waals surface area contributed by atoms with Crippen LogP contribution >= 0.6 is 23.2 Å². The van der Waals surface area contributed by atoms with Crippen molar-refractivity contribution in [1.82, 2.24) is 0 Å². The van der Waals surface area contributed by atoms with Crippen LogP contribution in [0.15, 0.2) is 36.4 Å². The minimum Gasteiger partial charge on any atom is -0.496 e. The van der Waals surface area contributed by atoms with Gasteiger partial charge in [-0.1, -0.05) is 35.3 Å². The molecule has 0 bridgehead atoms. The van der Waals surface area contributed by atoms with Gasteiger partial charge in [-0.2, -0.15) is 0 Å². The molecule has 110 valence electrons. The SMILES string of the molecule is CCOc1cc(Cl)c(C(=O)c2ccccc2OC)cc1Cl. The van der Waals surface area contributed by atoms with Crippen LogP contribution in [0.2, 0.25) is 10.0 Å². The van der Waals surface area contributed by atoms with Gasteiger partial charge in [-0.05, 0) is 25.1 Å². The molecule has 0 unspecified atom stereocenters. The van der Waals surface area contributed by atoms with Gasteiger partial charge in [0.1, 0.15) is 11.5 Å². The molecule has 0 aromatic heterocycles. The highest BCUT2D eigenvalue weighted by Crippen LogP contribution is 2.33. The van der Waals surface area contributed by atoms with Crippen LogP contribution in [0.1, 0.15) is 22.8 Å². The number of halogens is 2. The molecule has 0 radical (unpaired) electrons. The van der Waals surface area contributed by atoms with Crippen molar-refractivity contribution in [2.45, 2.75) is 6.92 Å². The molecule has 0 aliphatic carbocycles. The average Bonchev–Trinajstić information content (AvgIpc) is 2.50. The Kier molecular flexibility index (Phi) is 5.10. The van der Waals surface area contributed by atoms with Crippen molar-refractivity contribution in [3.63, 3.8) is 0 Å². The van der Waals surface area contributed by atoms with Crippen molar-refractivity contribution in [2.75, 3.05) is 13.7 Å². The van der Waals surface area contributed by atoms with Crippen LogP contribution in [0.3, 0.4) is 0 Å². The van der Waals surface area contributed by atoms with Crippen LogP contribution in [0.4, 0.5) is 0 Å². The Morgan fingerprint density at radius 3 is 2.43 bits per heavy atom. The summed E-state index contributed by atoms with van der Waals surface area (Å²) < 4.78 is 10.5. The number of rotatable bonds is 5. The van der Waals surface area contributed by atoms with E-state index in [2.05, 4.69) is 0 Å². The lowest BCUT2D eigenvalue weighted by Crippen LogP contribution is -2.05. The zero-order chi connectivity index (χ0) is 15.4. The first-order valence-corrected chi connectivity index (χ1v) is 7.13. The maximum Gasteiger partial charge on any atom is 0.198 e. The Labute approximate surface area is 133 Å². The number of methoxy groups -OCH3 is 1. The number of ketones is 1. The van der Waals surface area contributed by atoms with Gasteiger partial charge in [-0.25, -0.2) is 0 Å². The van der Waals surface area contributed by atoms with Gasteiger partial charge in [-0.15, -0.1) is 0 Å². The lowest BCUT2D eigenvalue weighted by atomic mass is 10.0. The zero-order valence-corrected chi connectivity index (χ0v) is 13.2. The molecule has 0 aliphatic heterocycles. The minimum atomic E-state index is -0.248. The van der Waals surface area contributed by atoms with E-state index in [1.54, 1.807) is 30.3 Å². The van der Waals surface area contributed by atoms with Crippen molar-refractivity contribution in [3.05, 3.63) is 57.6 Å². The Hall–Kier alpha value is -1.71. The molecule has 2 rings (SSSR count). The Balaban J connectivity index is 2.46. The standard InChI is InChI=1S/C16H14Cl2O3/c1-3-21-15-9-12(17)11(8-13(15)18)16(19)10-6-4-5-7-14(10)20-2/h4-9H,3H2,1-2H3. The average molecular weight is 325 g/mol. The van der Waals surface area contributed by atoms with Gasteiger partial charge in [-0.3, -0.25) is 4.79 Å². The molecule has 0 amide bonds. The quantitative estimate of drug-likeness (QED) is 0.752. The van der Waals surface area contributed by atoms with Crippen molar-refractivity contribution < 1.29 is 14.3 Å². The van der Waals surface area contributed by atoms with E-state index < -0.39 is 0 Å². The Bertz CT molecular complexity index is 669. The molecule has 0 atom stereocenters. The topological polar surface area (TPSA) is 35.5 Å². The second-order valence-corrected chi connectivity index (χ2v) is 5.04. The normalized spacial score (nSPS) is 10.3. The number of para-hydroxylation sites is 1. The van der Waals surface area contributed by atoms with Gasteiger partial charge < -0.3 is 9.47 Å². The number of carbonyl (C=O) groups excluding carboxylic acids is 1. The third-order valence-corrected chi connectivity index (χ3v) is 3.53. The minimum absolute atomic E-state index is 0.248. The smallest absolute Gasteiger partial charge is 0.198 e. The summed E-state index contributed by atoms with van der Waals surface area (Å²) in [6.07, 6.45) is 0. The summed E-state index contributed by atoms with van der Waals surface area (Å²) in [6.45, 7) is 2.31. The first-order valence-electron chi connectivity index (χ1n) is 6.38. The van der Waals surface area contributed by atoms with Crippen LogP contribution in [-0.2, 0) is 0 Å². The monoisotopic (exact) mass is 324 g/mol. The third kappa shape index (κ3) is 3.31. The molecule has 2 aromatic rings. The van der Waals surface area contributed by atoms with Gasteiger partial charge in [0.25, 0.3) is 0 Å². The number of hydrogen-bond donors (Lipinski definition) is 0. The second kappa shape index (κ2) is 6.83. The van der Waals surface area contributed by atoms with Gasteiger partial charge >= 0.3 is 0 Å². The van der Waals surface area contributed by atoms with E-state index in [4.69, 9.17) is 32.7 Å². The van der Waals surface area contributed by atoms with Crippen molar-refractivity contribution in [1.29, 1.82) is 0 Å². The number of ether oxygens (including phenoxy) is 2. The fraction of sp³-hybridized carbons (Fsp3) is 0.188. The number of carbonyl (C=O) groups is 1. The highest BCUT2D eigenvalue weighted by molar-refractivity contribution is 6.37. The predicted octanol–water partition coefficient (Wildman–Crippen LogP) is 4.63. The van der Waals surface area contributed by atoms with E-state index in [0.29, 0.717) is 39.3 Å². The molecule has 0 N–H and O–H groups in total. The fourth-order valence-electron chi connectivity index (χ4n) is 1.95. The van der Waals surface area contributed by atoms with E-state index in [1.165, 1.54) is 13.2 Å². The lowest BCUT2D eigenvalue weighted by Gasteiger charge is -2.11. The van der Waals surface area contributed by atoms with Gasteiger partial charge in [0, 0.05) is 11.6 Å². The van der Waals surface area contributed by atoms with E-state index >= 15 is 0 Å². The van der Waals surface area contributed by atoms with Crippen LogP contribution in [0, 0.1) is 0 Å². The third-order valence-electron chi connectivity index (χ3n) is 2.92. The van der Waals surface area contributed by atoms with Gasteiger partial charge in [0.15, 0.2) is 5.78 Å². The molecule has 0 saturated heterocycles. The molecule has 0 saturated carbocycles. The summed E-state index contributed by atoms with van der Waals surface area (Å²) in [6, 6.07) is 10.0.